The Morgan fingerprint density at radius 3 is 2.50 bits per heavy atom. The minimum Gasteiger partial charge on any atom is -0.348 e. The van der Waals surface area contributed by atoms with Gasteiger partial charge in [-0.1, -0.05) is 0 Å². The van der Waals surface area contributed by atoms with Gasteiger partial charge in [-0.05, 0) is 44.0 Å². The van der Waals surface area contributed by atoms with Crippen LogP contribution in [0.25, 0.3) is 0 Å². The Hall–Kier alpha value is -2.76. The fraction of sp³-hybridized carbons (Fsp3) is 0.250. The second kappa shape index (κ2) is 5.93. The summed E-state index contributed by atoms with van der Waals surface area (Å²) in [6.07, 6.45) is 3.42. The highest BCUT2D eigenvalue weighted by Crippen LogP contribution is 2.20. The molecule has 6 heteroatoms. The van der Waals surface area contributed by atoms with Crippen molar-refractivity contribution in [2.45, 2.75) is 25.8 Å². The number of anilines is 2. The van der Waals surface area contributed by atoms with E-state index in [9.17, 15) is 9.59 Å². The molecule has 0 spiro atoms. The van der Waals surface area contributed by atoms with Crippen LogP contribution < -0.4 is 10.6 Å². The van der Waals surface area contributed by atoms with Crippen molar-refractivity contribution >= 4 is 23.2 Å². The predicted octanol–water partition coefficient (Wildman–Crippen LogP) is 2.32. The Bertz CT molecular complexity index is 708. The first kappa shape index (κ1) is 14.2. The Morgan fingerprint density at radius 1 is 1.14 bits per heavy atom. The van der Waals surface area contributed by atoms with Crippen LogP contribution in [0, 0.1) is 0 Å². The van der Waals surface area contributed by atoms with Gasteiger partial charge in [-0.15, -0.1) is 0 Å². The zero-order valence-electron chi connectivity index (χ0n) is 12.2. The maximum absolute atomic E-state index is 12.0. The van der Waals surface area contributed by atoms with E-state index < -0.39 is 0 Å². The molecule has 112 valence electrons. The fourth-order valence-electron chi connectivity index (χ4n) is 1.97. The van der Waals surface area contributed by atoms with Crippen molar-refractivity contribution in [3.63, 3.8) is 0 Å². The van der Waals surface area contributed by atoms with Gasteiger partial charge < -0.3 is 10.6 Å². The summed E-state index contributed by atoms with van der Waals surface area (Å²) < 4.78 is 0. The molecule has 22 heavy (non-hydrogen) atoms. The normalized spacial score (nSPS) is 13.5. The molecule has 0 unspecified atom stereocenters. The topological polar surface area (TPSA) is 84.0 Å². The van der Waals surface area contributed by atoms with Crippen molar-refractivity contribution in [1.29, 1.82) is 0 Å². The largest absolute Gasteiger partial charge is 0.348 e. The van der Waals surface area contributed by atoms with E-state index in [1.54, 1.807) is 30.3 Å². The lowest BCUT2D eigenvalue weighted by molar-refractivity contribution is 0.0945. The zero-order chi connectivity index (χ0) is 15.5. The fourth-order valence-corrected chi connectivity index (χ4v) is 1.97. The zero-order valence-corrected chi connectivity index (χ0v) is 12.2. The molecule has 1 heterocycles. The van der Waals surface area contributed by atoms with E-state index in [0.717, 1.165) is 18.5 Å². The average Bonchev–Trinajstić information content (AvgIpc) is 3.32. The number of carbonyl (C=O) groups excluding carboxylic acids is 2. The van der Waals surface area contributed by atoms with Crippen LogP contribution in [0.4, 0.5) is 11.5 Å². The summed E-state index contributed by atoms with van der Waals surface area (Å²) in [5.74, 6) is 0.374. The molecule has 1 amide bonds. The van der Waals surface area contributed by atoms with E-state index in [1.165, 1.54) is 13.3 Å². The number of hydrogen-bond acceptors (Lipinski definition) is 5. The van der Waals surface area contributed by atoms with E-state index in [-0.39, 0.29) is 17.7 Å². The minimum atomic E-state index is -0.181. The first-order valence-electron chi connectivity index (χ1n) is 7.13. The van der Waals surface area contributed by atoms with Crippen molar-refractivity contribution in [3.05, 3.63) is 47.9 Å². The molecule has 1 aliphatic carbocycles. The molecule has 0 bridgehead atoms. The van der Waals surface area contributed by atoms with Crippen LogP contribution >= 0.6 is 0 Å². The highest BCUT2D eigenvalue weighted by atomic mass is 16.2. The molecule has 6 nitrogen and oxygen atoms in total. The number of amides is 1. The van der Waals surface area contributed by atoms with Crippen LogP contribution in [0.2, 0.25) is 0 Å². The van der Waals surface area contributed by atoms with E-state index in [0.29, 0.717) is 17.1 Å². The van der Waals surface area contributed by atoms with Crippen LogP contribution in [0.3, 0.4) is 0 Å². The standard InChI is InChI=1S/C16H16N4O2/c1-10(21)11-2-4-12(5-3-11)19-15-8-14(17-9-18-15)16(22)20-13-6-7-13/h2-5,8-9,13H,6-7H2,1H3,(H,20,22)(H,17,18,19). The van der Waals surface area contributed by atoms with Crippen LogP contribution in [0.1, 0.15) is 40.6 Å². The number of nitrogens with one attached hydrogen (secondary N) is 2. The summed E-state index contributed by atoms with van der Waals surface area (Å²) in [6.45, 7) is 1.53. The Balaban J connectivity index is 1.71. The highest BCUT2D eigenvalue weighted by molar-refractivity contribution is 5.94. The van der Waals surface area contributed by atoms with E-state index in [1.807, 2.05) is 0 Å². The molecule has 1 aromatic carbocycles. The molecule has 2 N–H and O–H groups in total. The number of carbonyl (C=O) groups is 2. The SMILES string of the molecule is CC(=O)c1ccc(Nc2cc(C(=O)NC3CC3)ncn2)cc1. The molecule has 0 atom stereocenters. The number of aromatic nitrogens is 2. The summed E-state index contributed by atoms with van der Waals surface area (Å²) in [7, 11) is 0. The van der Waals surface area contributed by atoms with Crippen LogP contribution in [-0.4, -0.2) is 27.7 Å². The van der Waals surface area contributed by atoms with Gasteiger partial charge in [0, 0.05) is 23.4 Å². The molecular weight excluding hydrogens is 280 g/mol. The molecule has 0 saturated heterocycles. The summed E-state index contributed by atoms with van der Waals surface area (Å²) in [6, 6.07) is 8.97. The van der Waals surface area contributed by atoms with Gasteiger partial charge in [0.1, 0.15) is 17.8 Å². The molecule has 3 rings (SSSR count). The second-order valence-electron chi connectivity index (χ2n) is 5.29. The molecule has 0 radical (unpaired) electrons. The number of Topliss-reactive ketones (excluding diaryl/α,β-unsaturated/α-hetero) is 1. The van der Waals surface area contributed by atoms with Crippen molar-refractivity contribution in [2.75, 3.05) is 5.32 Å². The summed E-state index contributed by atoms with van der Waals surface area (Å²) in [5.41, 5.74) is 1.78. The molecule has 1 aromatic heterocycles. The van der Waals surface area contributed by atoms with Crippen LogP contribution in [0.15, 0.2) is 36.7 Å². The Labute approximate surface area is 128 Å². The van der Waals surface area contributed by atoms with Gasteiger partial charge in [0.25, 0.3) is 5.91 Å². The predicted molar refractivity (Wildman–Crippen MR) is 82.2 cm³/mol. The molecule has 0 aliphatic heterocycles. The quantitative estimate of drug-likeness (QED) is 0.827. The average molecular weight is 296 g/mol. The number of benzene rings is 1. The molecule has 1 saturated carbocycles. The summed E-state index contributed by atoms with van der Waals surface area (Å²) in [5, 5.41) is 5.98. The van der Waals surface area contributed by atoms with Gasteiger partial charge in [-0.2, -0.15) is 0 Å². The van der Waals surface area contributed by atoms with Gasteiger partial charge in [0.2, 0.25) is 0 Å². The first-order valence-corrected chi connectivity index (χ1v) is 7.13. The van der Waals surface area contributed by atoms with Gasteiger partial charge in [-0.25, -0.2) is 9.97 Å². The van der Waals surface area contributed by atoms with Gasteiger partial charge in [0.15, 0.2) is 5.78 Å². The number of ketones is 1. The maximum Gasteiger partial charge on any atom is 0.270 e. The van der Waals surface area contributed by atoms with E-state index in [2.05, 4.69) is 20.6 Å². The van der Waals surface area contributed by atoms with Crippen LogP contribution in [0.5, 0.6) is 0 Å². The third kappa shape index (κ3) is 3.46. The summed E-state index contributed by atoms with van der Waals surface area (Å²) in [4.78, 5) is 31.3. The van der Waals surface area contributed by atoms with E-state index in [4.69, 9.17) is 0 Å². The third-order valence-electron chi connectivity index (χ3n) is 3.38. The lowest BCUT2D eigenvalue weighted by Gasteiger charge is -2.07. The number of hydrogen-bond donors (Lipinski definition) is 2. The smallest absolute Gasteiger partial charge is 0.270 e. The highest BCUT2D eigenvalue weighted by Gasteiger charge is 2.24. The van der Waals surface area contributed by atoms with Gasteiger partial charge >= 0.3 is 0 Å². The van der Waals surface area contributed by atoms with Crippen molar-refractivity contribution in [3.8, 4) is 0 Å². The minimum absolute atomic E-state index is 0.0209. The third-order valence-corrected chi connectivity index (χ3v) is 3.38. The molecular formula is C16H16N4O2. The number of rotatable bonds is 5. The molecule has 1 fully saturated rings. The first-order chi connectivity index (χ1) is 10.6. The molecule has 2 aromatic rings. The van der Waals surface area contributed by atoms with Gasteiger partial charge in [0.05, 0.1) is 0 Å². The Morgan fingerprint density at radius 2 is 1.86 bits per heavy atom. The van der Waals surface area contributed by atoms with E-state index >= 15 is 0 Å². The lowest BCUT2D eigenvalue weighted by Crippen LogP contribution is -2.26. The van der Waals surface area contributed by atoms with Gasteiger partial charge in [-0.3, -0.25) is 9.59 Å². The van der Waals surface area contributed by atoms with Crippen molar-refractivity contribution in [2.24, 2.45) is 0 Å². The maximum atomic E-state index is 12.0. The van der Waals surface area contributed by atoms with Crippen molar-refractivity contribution < 1.29 is 9.59 Å². The molecule has 1 aliphatic rings. The number of nitrogens with zero attached hydrogens (tertiary/aromatic N) is 2. The van der Waals surface area contributed by atoms with Crippen LogP contribution in [-0.2, 0) is 0 Å². The lowest BCUT2D eigenvalue weighted by atomic mass is 10.1. The monoisotopic (exact) mass is 296 g/mol. The second-order valence-corrected chi connectivity index (χ2v) is 5.29. The summed E-state index contributed by atoms with van der Waals surface area (Å²) >= 11 is 0. The Kier molecular flexibility index (Phi) is 3.82. The van der Waals surface area contributed by atoms with Crippen molar-refractivity contribution in [1.82, 2.24) is 15.3 Å².